The molecule has 1 N–H and O–H groups in total. The van der Waals surface area contributed by atoms with Crippen LogP contribution in [0.5, 0.6) is 0 Å². The van der Waals surface area contributed by atoms with Gasteiger partial charge in [-0.1, -0.05) is 20.8 Å². The smallest absolute Gasteiger partial charge is 0.115 e. The monoisotopic (exact) mass is 173 g/mol. The molecule has 0 aromatic carbocycles. The van der Waals surface area contributed by atoms with E-state index in [9.17, 15) is 4.39 Å². The molecule has 0 radical (unpaired) electrons. The van der Waals surface area contributed by atoms with Crippen LogP contribution in [0.1, 0.15) is 40.5 Å². The van der Waals surface area contributed by atoms with E-state index in [4.69, 9.17) is 0 Å². The van der Waals surface area contributed by atoms with E-state index in [-0.39, 0.29) is 11.5 Å². The lowest BCUT2D eigenvalue weighted by molar-refractivity contribution is 0.125. The summed E-state index contributed by atoms with van der Waals surface area (Å²) in [6, 6.07) is 0.502. The first-order chi connectivity index (χ1) is 5.41. The molecule has 1 aliphatic heterocycles. The molecule has 72 valence electrons. The summed E-state index contributed by atoms with van der Waals surface area (Å²) in [5, 5.41) is 3.33. The Hall–Kier alpha value is -0.110. The molecule has 1 saturated heterocycles. The van der Waals surface area contributed by atoms with Gasteiger partial charge >= 0.3 is 0 Å². The van der Waals surface area contributed by atoms with Gasteiger partial charge in [0, 0.05) is 12.1 Å². The van der Waals surface area contributed by atoms with Gasteiger partial charge in [-0.05, 0) is 25.2 Å². The largest absolute Gasteiger partial charge is 0.308 e. The van der Waals surface area contributed by atoms with Crippen molar-refractivity contribution in [3.05, 3.63) is 0 Å². The molecule has 0 amide bonds. The summed E-state index contributed by atoms with van der Waals surface area (Å²) in [7, 11) is 0. The van der Waals surface area contributed by atoms with E-state index in [0.717, 1.165) is 12.8 Å². The Morgan fingerprint density at radius 3 is 2.25 bits per heavy atom. The Bertz CT molecular complexity index is 150. The number of hydrogen-bond acceptors (Lipinski definition) is 1. The number of alkyl halides is 1. The van der Waals surface area contributed by atoms with Crippen molar-refractivity contribution in [2.75, 3.05) is 0 Å². The van der Waals surface area contributed by atoms with Gasteiger partial charge < -0.3 is 5.32 Å². The maximum atomic E-state index is 13.1. The van der Waals surface area contributed by atoms with Crippen LogP contribution in [0.3, 0.4) is 0 Å². The van der Waals surface area contributed by atoms with E-state index in [2.05, 4.69) is 26.1 Å². The fourth-order valence-electron chi connectivity index (χ4n) is 1.76. The number of piperidine rings is 1. The van der Waals surface area contributed by atoms with E-state index >= 15 is 0 Å². The molecule has 3 atom stereocenters. The van der Waals surface area contributed by atoms with Gasteiger partial charge in [-0.25, -0.2) is 4.39 Å². The molecule has 0 saturated carbocycles. The van der Waals surface area contributed by atoms with Gasteiger partial charge in [0.1, 0.15) is 6.17 Å². The highest BCUT2D eigenvalue weighted by molar-refractivity contribution is 4.90. The molecule has 0 aromatic heterocycles. The SMILES string of the molecule is C[C@@H]1NC(C(C)(C)C)CC[C@@H]1F. The Kier molecular flexibility index (Phi) is 2.77. The number of hydrogen-bond donors (Lipinski definition) is 1. The number of nitrogens with one attached hydrogen (secondary N) is 1. The van der Waals surface area contributed by atoms with Crippen molar-refractivity contribution in [1.29, 1.82) is 0 Å². The third kappa shape index (κ3) is 2.19. The zero-order chi connectivity index (χ0) is 9.35. The molecule has 12 heavy (non-hydrogen) atoms. The maximum absolute atomic E-state index is 13.1. The van der Waals surface area contributed by atoms with Crippen molar-refractivity contribution in [1.82, 2.24) is 5.32 Å². The van der Waals surface area contributed by atoms with Crippen LogP contribution in [0.4, 0.5) is 4.39 Å². The normalized spacial score (nSPS) is 38.2. The number of halogens is 1. The van der Waals surface area contributed by atoms with Gasteiger partial charge in [0.2, 0.25) is 0 Å². The van der Waals surface area contributed by atoms with E-state index in [1.165, 1.54) is 0 Å². The van der Waals surface area contributed by atoms with Crippen LogP contribution < -0.4 is 5.32 Å². The van der Waals surface area contributed by atoms with Crippen molar-refractivity contribution in [2.24, 2.45) is 5.41 Å². The molecule has 1 rings (SSSR count). The first-order valence-electron chi connectivity index (χ1n) is 4.81. The summed E-state index contributed by atoms with van der Waals surface area (Å²) >= 11 is 0. The van der Waals surface area contributed by atoms with Crippen LogP contribution in [0.2, 0.25) is 0 Å². The van der Waals surface area contributed by atoms with Crippen LogP contribution in [0.15, 0.2) is 0 Å². The van der Waals surface area contributed by atoms with Crippen molar-refractivity contribution >= 4 is 0 Å². The molecule has 2 heteroatoms. The third-order valence-corrected chi connectivity index (χ3v) is 2.78. The first-order valence-corrected chi connectivity index (χ1v) is 4.81. The highest BCUT2D eigenvalue weighted by atomic mass is 19.1. The van der Waals surface area contributed by atoms with E-state index in [1.807, 2.05) is 6.92 Å². The zero-order valence-electron chi connectivity index (χ0n) is 8.52. The van der Waals surface area contributed by atoms with Crippen LogP contribution in [-0.4, -0.2) is 18.3 Å². The predicted molar refractivity (Wildman–Crippen MR) is 50.0 cm³/mol. The lowest BCUT2D eigenvalue weighted by Crippen LogP contribution is -2.52. The Balaban J connectivity index is 2.51. The summed E-state index contributed by atoms with van der Waals surface area (Å²) in [6.45, 7) is 8.55. The van der Waals surface area contributed by atoms with E-state index < -0.39 is 6.17 Å². The van der Waals surface area contributed by atoms with Crippen LogP contribution in [-0.2, 0) is 0 Å². The second kappa shape index (κ2) is 3.33. The highest BCUT2D eigenvalue weighted by Crippen LogP contribution is 2.28. The van der Waals surface area contributed by atoms with Gasteiger partial charge in [0.05, 0.1) is 0 Å². The van der Waals surface area contributed by atoms with Crippen molar-refractivity contribution in [3.8, 4) is 0 Å². The standard InChI is InChI=1S/C10H20FN/c1-7-8(11)5-6-9(12-7)10(2,3)4/h7-9,12H,5-6H2,1-4H3/t7-,8-,9?/m0/s1. The molecule has 1 aliphatic rings. The molecular weight excluding hydrogens is 153 g/mol. The topological polar surface area (TPSA) is 12.0 Å². The minimum Gasteiger partial charge on any atom is -0.308 e. The molecule has 1 nitrogen and oxygen atoms in total. The van der Waals surface area contributed by atoms with Crippen LogP contribution in [0, 0.1) is 5.41 Å². The Labute approximate surface area is 74.7 Å². The second-order valence-electron chi connectivity index (χ2n) is 4.97. The lowest BCUT2D eigenvalue weighted by atomic mass is 9.80. The molecular formula is C10H20FN. The van der Waals surface area contributed by atoms with Crippen LogP contribution in [0.25, 0.3) is 0 Å². The van der Waals surface area contributed by atoms with Gasteiger partial charge in [-0.2, -0.15) is 0 Å². The van der Waals surface area contributed by atoms with E-state index in [0.29, 0.717) is 6.04 Å². The summed E-state index contributed by atoms with van der Waals surface area (Å²) in [5.41, 5.74) is 0.258. The van der Waals surface area contributed by atoms with Crippen molar-refractivity contribution in [3.63, 3.8) is 0 Å². The highest BCUT2D eigenvalue weighted by Gasteiger charge is 2.32. The fourth-order valence-corrected chi connectivity index (χ4v) is 1.76. The van der Waals surface area contributed by atoms with Crippen molar-refractivity contribution in [2.45, 2.75) is 58.8 Å². The van der Waals surface area contributed by atoms with Gasteiger partial charge in [-0.3, -0.25) is 0 Å². The molecule has 1 unspecified atom stereocenters. The molecule has 0 spiro atoms. The first kappa shape index (κ1) is 9.97. The quantitative estimate of drug-likeness (QED) is 0.593. The molecule has 0 aliphatic carbocycles. The maximum Gasteiger partial charge on any atom is 0.115 e. The van der Waals surface area contributed by atoms with Crippen LogP contribution >= 0.6 is 0 Å². The lowest BCUT2D eigenvalue weighted by Gasteiger charge is -2.39. The van der Waals surface area contributed by atoms with Gasteiger partial charge in [-0.15, -0.1) is 0 Å². The van der Waals surface area contributed by atoms with E-state index in [1.54, 1.807) is 0 Å². The van der Waals surface area contributed by atoms with Gasteiger partial charge in [0.25, 0.3) is 0 Å². The zero-order valence-corrected chi connectivity index (χ0v) is 8.52. The fraction of sp³-hybridized carbons (Fsp3) is 1.00. The molecule has 0 bridgehead atoms. The average Bonchev–Trinajstić information content (AvgIpc) is 1.92. The Morgan fingerprint density at radius 1 is 1.25 bits per heavy atom. The minimum atomic E-state index is -0.649. The third-order valence-electron chi connectivity index (χ3n) is 2.78. The molecule has 0 aromatic rings. The summed E-state index contributed by atoms with van der Waals surface area (Å²) in [6.07, 6.45) is 1.04. The van der Waals surface area contributed by atoms with Gasteiger partial charge in [0.15, 0.2) is 0 Å². The minimum absolute atomic E-state index is 0.0305. The second-order valence-corrected chi connectivity index (χ2v) is 4.97. The summed E-state index contributed by atoms with van der Waals surface area (Å²) in [5.74, 6) is 0. The summed E-state index contributed by atoms with van der Waals surface area (Å²) < 4.78 is 13.1. The average molecular weight is 173 g/mol. The molecule has 1 heterocycles. The van der Waals surface area contributed by atoms with Crippen molar-refractivity contribution < 1.29 is 4.39 Å². The number of rotatable bonds is 0. The summed E-state index contributed by atoms with van der Waals surface area (Å²) in [4.78, 5) is 0. The predicted octanol–water partition coefficient (Wildman–Crippen LogP) is 2.51. The molecule has 1 fully saturated rings. The Morgan fingerprint density at radius 2 is 1.83 bits per heavy atom.